The third kappa shape index (κ3) is 4.18. The van der Waals surface area contributed by atoms with Crippen LogP contribution in [0.1, 0.15) is 0 Å². The summed E-state index contributed by atoms with van der Waals surface area (Å²) < 4.78 is 10.6. The van der Waals surface area contributed by atoms with E-state index in [1.165, 1.54) is 43.6 Å². The molecule has 4 aromatic heterocycles. The quantitative estimate of drug-likeness (QED) is 0.131. The van der Waals surface area contributed by atoms with Crippen molar-refractivity contribution >= 4 is 60.2 Å². The SMILES string of the molecule is C[n+]1[c-]n(-c2[c-]cccc2)c2cc3c4cccc5c6ccccc6n(c3cc21)c54.C[n+]1[c-]n(-c2[c-]cccc2)c2ccccc21.[Ir]. The predicted molar refractivity (Wildman–Crippen MR) is 179 cm³/mol. The first-order valence-electron chi connectivity index (χ1n) is 15.0. The van der Waals surface area contributed by atoms with Gasteiger partial charge in [0.1, 0.15) is 0 Å². The molecule has 0 aliphatic heterocycles. The van der Waals surface area contributed by atoms with Crippen LogP contribution in [-0.2, 0) is 34.2 Å². The van der Waals surface area contributed by atoms with Gasteiger partial charge in [0.15, 0.2) is 0 Å². The van der Waals surface area contributed by atoms with Crippen molar-refractivity contribution in [3.8, 4) is 11.4 Å². The third-order valence-corrected chi connectivity index (χ3v) is 8.77. The van der Waals surface area contributed by atoms with Gasteiger partial charge in [-0.15, -0.1) is 0 Å². The fourth-order valence-electron chi connectivity index (χ4n) is 6.77. The Hall–Kier alpha value is -5.29. The zero-order valence-corrected chi connectivity index (χ0v) is 27.6. The Morgan fingerprint density at radius 1 is 0.478 bits per heavy atom. The molecule has 0 unspecified atom stereocenters. The first-order valence-corrected chi connectivity index (χ1v) is 15.0. The van der Waals surface area contributed by atoms with Crippen LogP contribution < -0.4 is 9.13 Å². The molecule has 10 aromatic rings. The standard InChI is InChI=1S/C26H16N3.C14H11N2.Ir/c1-27-16-28(17-8-3-2-4-9-17)25-14-21-20-12-7-11-19-18-10-5-6-13-22(18)29(26(19)20)23(21)15-24(25)27;1-15-11-16(12-7-3-2-4-8-12)14-10-6-5-9-13(14)15;/h2-8,10-15H,1H3;2-7,9-10H,1H3;/q2*-1;. The van der Waals surface area contributed by atoms with Gasteiger partial charge < -0.3 is 22.7 Å². The summed E-state index contributed by atoms with van der Waals surface area (Å²) in [5.74, 6) is 0. The van der Waals surface area contributed by atoms with Crippen LogP contribution in [0.3, 0.4) is 0 Å². The molecule has 46 heavy (non-hydrogen) atoms. The summed E-state index contributed by atoms with van der Waals surface area (Å²) in [4.78, 5) is 0. The van der Waals surface area contributed by atoms with Crippen LogP contribution >= 0.6 is 0 Å². The first kappa shape index (κ1) is 28.2. The van der Waals surface area contributed by atoms with Crippen molar-refractivity contribution in [2.24, 2.45) is 14.1 Å². The number of imidazole rings is 2. The number of rotatable bonds is 2. The van der Waals surface area contributed by atoms with Crippen molar-refractivity contribution in [2.45, 2.75) is 0 Å². The minimum absolute atomic E-state index is 0. The molecule has 0 bridgehead atoms. The second-order valence-corrected chi connectivity index (χ2v) is 11.4. The van der Waals surface area contributed by atoms with Crippen molar-refractivity contribution < 1.29 is 29.2 Å². The normalized spacial score (nSPS) is 11.5. The molecular formula is C40H27IrN5-2. The van der Waals surface area contributed by atoms with Crippen LogP contribution in [-0.4, -0.2) is 13.5 Å². The van der Waals surface area contributed by atoms with E-state index in [0.717, 1.165) is 27.9 Å². The fourth-order valence-corrected chi connectivity index (χ4v) is 6.77. The van der Waals surface area contributed by atoms with E-state index in [2.05, 4.69) is 118 Å². The van der Waals surface area contributed by atoms with Crippen molar-refractivity contribution in [1.82, 2.24) is 13.5 Å². The summed E-state index contributed by atoms with van der Waals surface area (Å²) in [5, 5.41) is 5.19. The summed E-state index contributed by atoms with van der Waals surface area (Å²) in [6.07, 6.45) is 6.72. The van der Waals surface area contributed by atoms with Gasteiger partial charge in [0.2, 0.25) is 12.7 Å². The molecule has 223 valence electrons. The molecule has 0 N–H and O–H groups in total. The van der Waals surface area contributed by atoms with Crippen molar-refractivity contribution in [1.29, 1.82) is 0 Å². The Balaban J connectivity index is 0.000000157. The fraction of sp³-hybridized carbons (Fsp3) is 0.0500. The molecule has 0 aliphatic rings. The van der Waals surface area contributed by atoms with Crippen molar-refractivity contribution in [3.63, 3.8) is 0 Å². The van der Waals surface area contributed by atoms with E-state index in [4.69, 9.17) is 0 Å². The third-order valence-electron chi connectivity index (χ3n) is 8.77. The number of benzene rings is 6. The number of hydrogen-bond donors (Lipinski definition) is 0. The van der Waals surface area contributed by atoms with E-state index in [1.807, 2.05) is 70.8 Å². The van der Waals surface area contributed by atoms with Crippen LogP contribution in [0.2, 0.25) is 0 Å². The summed E-state index contributed by atoms with van der Waals surface area (Å²) in [7, 11) is 4.06. The molecule has 4 heterocycles. The minimum atomic E-state index is 0. The van der Waals surface area contributed by atoms with Gasteiger partial charge in [0.05, 0.1) is 47.2 Å². The van der Waals surface area contributed by atoms with Crippen LogP contribution in [0.4, 0.5) is 0 Å². The summed E-state index contributed by atoms with van der Waals surface area (Å²) in [5.41, 5.74) is 10.4. The number of aromatic nitrogens is 5. The van der Waals surface area contributed by atoms with E-state index >= 15 is 0 Å². The van der Waals surface area contributed by atoms with E-state index in [1.54, 1.807) is 0 Å². The molecule has 0 atom stereocenters. The molecule has 0 fully saturated rings. The number of aryl methyl sites for hydroxylation is 2. The van der Waals surface area contributed by atoms with E-state index in [9.17, 15) is 0 Å². The van der Waals surface area contributed by atoms with Gasteiger partial charge in [-0.25, -0.2) is 0 Å². The van der Waals surface area contributed by atoms with Gasteiger partial charge in [-0.3, -0.25) is 0 Å². The van der Waals surface area contributed by atoms with Gasteiger partial charge >= 0.3 is 0 Å². The van der Waals surface area contributed by atoms with E-state index < -0.39 is 0 Å². The molecule has 5 nitrogen and oxygen atoms in total. The Morgan fingerprint density at radius 3 is 1.74 bits per heavy atom. The number of fused-ring (bicyclic) bond motifs is 8. The molecule has 0 saturated heterocycles. The molecule has 1 radical (unpaired) electrons. The Morgan fingerprint density at radius 2 is 1.04 bits per heavy atom. The molecule has 0 saturated carbocycles. The van der Waals surface area contributed by atoms with Crippen LogP contribution in [0, 0.1) is 24.8 Å². The topological polar surface area (TPSA) is 22.0 Å². The summed E-state index contributed by atoms with van der Waals surface area (Å²) in [6, 6.07) is 50.7. The van der Waals surface area contributed by atoms with E-state index in [-0.39, 0.29) is 20.1 Å². The molecule has 0 amide bonds. The molecule has 6 heteroatoms. The predicted octanol–water partition coefficient (Wildman–Crippen LogP) is 7.26. The second kappa shape index (κ2) is 11.0. The van der Waals surface area contributed by atoms with E-state index in [0.29, 0.717) is 0 Å². The van der Waals surface area contributed by atoms with Crippen molar-refractivity contribution in [2.75, 3.05) is 0 Å². The molecule has 0 spiro atoms. The van der Waals surface area contributed by atoms with Gasteiger partial charge in [-0.2, -0.15) is 60.7 Å². The van der Waals surface area contributed by atoms with Crippen LogP contribution in [0.5, 0.6) is 0 Å². The molecule has 0 aliphatic carbocycles. The second-order valence-electron chi connectivity index (χ2n) is 11.4. The Labute approximate surface area is 279 Å². The van der Waals surface area contributed by atoms with Crippen molar-refractivity contribution in [3.05, 3.63) is 152 Å². The monoisotopic (exact) mass is 770 g/mol. The molecule has 6 aromatic carbocycles. The van der Waals surface area contributed by atoms with Gasteiger partial charge in [0, 0.05) is 47.2 Å². The number of nitrogens with zero attached hydrogens (tertiary/aromatic N) is 5. The minimum Gasteiger partial charge on any atom is -0.342 e. The first-order chi connectivity index (χ1) is 22.2. The number of hydrogen-bond acceptors (Lipinski definition) is 0. The summed E-state index contributed by atoms with van der Waals surface area (Å²) >= 11 is 0. The smallest absolute Gasteiger partial charge is 0.242 e. The average Bonchev–Trinajstić information content (AvgIpc) is 3.82. The molecular weight excluding hydrogens is 743 g/mol. The average molecular weight is 770 g/mol. The number of para-hydroxylation sites is 6. The van der Waals surface area contributed by atoms with Gasteiger partial charge in [-0.05, 0) is 12.1 Å². The zero-order valence-electron chi connectivity index (χ0n) is 25.2. The molecule has 10 rings (SSSR count). The van der Waals surface area contributed by atoms with Gasteiger partial charge in [0.25, 0.3) is 0 Å². The largest absolute Gasteiger partial charge is 0.342 e. The maximum atomic E-state index is 3.44. The van der Waals surface area contributed by atoms with Crippen LogP contribution in [0.15, 0.2) is 127 Å². The van der Waals surface area contributed by atoms with Crippen LogP contribution in [0.25, 0.3) is 71.5 Å². The Kier molecular flexibility index (Phi) is 6.71. The summed E-state index contributed by atoms with van der Waals surface area (Å²) in [6.45, 7) is 0. The Bertz CT molecular complexity index is 2660. The van der Waals surface area contributed by atoms with Gasteiger partial charge in [-0.1, -0.05) is 78.1 Å². The zero-order chi connectivity index (χ0) is 30.1. The maximum absolute atomic E-state index is 3.44. The maximum Gasteiger partial charge on any atom is 0.242 e.